The maximum absolute atomic E-state index is 13.0. The van der Waals surface area contributed by atoms with Gasteiger partial charge in [-0.1, -0.05) is 23.4 Å². The van der Waals surface area contributed by atoms with Crippen molar-refractivity contribution >= 4 is 17.2 Å². The van der Waals surface area contributed by atoms with Crippen LogP contribution in [0.1, 0.15) is 39.2 Å². The lowest BCUT2D eigenvalue weighted by Gasteiger charge is -2.21. The number of nitrogens with zero attached hydrogens (tertiary/aromatic N) is 2. The van der Waals surface area contributed by atoms with E-state index in [0.717, 1.165) is 21.9 Å². The molecule has 0 radical (unpaired) electrons. The number of para-hydroxylation sites is 1. The normalized spacial score (nSPS) is 10.7. The Balaban J connectivity index is 1.78. The summed E-state index contributed by atoms with van der Waals surface area (Å²) in [4.78, 5) is 16.0. The van der Waals surface area contributed by atoms with Crippen molar-refractivity contribution in [3.05, 3.63) is 69.2 Å². The largest absolute Gasteiger partial charge is 0.488 e. The van der Waals surface area contributed by atoms with Crippen molar-refractivity contribution in [1.82, 2.24) is 10.1 Å². The van der Waals surface area contributed by atoms with Gasteiger partial charge >= 0.3 is 0 Å². The fourth-order valence-corrected chi connectivity index (χ4v) is 3.43. The lowest BCUT2D eigenvalue weighted by molar-refractivity contribution is 0.0749. The minimum atomic E-state index is -0.0322. The summed E-state index contributed by atoms with van der Waals surface area (Å²) >= 11 is 1.65. The van der Waals surface area contributed by atoms with E-state index in [9.17, 15) is 4.79 Å². The van der Waals surface area contributed by atoms with Crippen LogP contribution in [-0.2, 0) is 13.2 Å². The molecule has 0 N–H and O–H groups in total. The Bertz CT molecular complexity index is 852. The maximum atomic E-state index is 13.0. The van der Waals surface area contributed by atoms with E-state index in [4.69, 9.17) is 9.26 Å². The maximum Gasteiger partial charge on any atom is 0.257 e. The third kappa shape index (κ3) is 3.96. The first kappa shape index (κ1) is 18.2. The molecule has 3 aromatic rings. The third-order valence-corrected chi connectivity index (χ3v) is 5.13. The molecule has 1 amide bonds. The Hall–Kier alpha value is -2.60. The van der Waals surface area contributed by atoms with Gasteiger partial charge in [-0.25, -0.2) is 0 Å². The van der Waals surface area contributed by atoms with Gasteiger partial charge in [0.25, 0.3) is 5.91 Å². The quantitative estimate of drug-likeness (QED) is 0.610. The van der Waals surface area contributed by atoms with Crippen LogP contribution in [0.2, 0.25) is 0 Å². The molecule has 0 aliphatic rings. The number of benzene rings is 1. The van der Waals surface area contributed by atoms with Crippen molar-refractivity contribution in [3.63, 3.8) is 0 Å². The molecule has 2 heterocycles. The van der Waals surface area contributed by atoms with Crippen molar-refractivity contribution in [3.8, 4) is 5.75 Å². The first-order chi connectivity index (χ1) is 12.6. The zero-order chi connectivity index (χ0) is 18.5. The fraction of sp³-hybridized carbons (Fsp3) is 0.300. The number of hydrogen-bond acceptors (Lipinski definition) is 5. The number of amides is 1. The molecule has 0 aliphatic carbocycles. The molecule has 0 unspecified atom stereocenters. The number of carbonyl (C=O) groups excluding carboxylic acids is 1. The summed E-state index contributed by atoms with van der Waals surface area (Å²) in [5.41, 5.74) is 2.29. The van der Waals surface area contributed by atoms with Crippen LogP contribution in [0.4, 0.5) is 0 Å². The second-order valence-electron chi connectivity index (χ2n) is 5.99. The van der Waals surface area contributed by atoms with Gasteiger partial charge < -0.3 is 14.2 Å². The molecular weight excluding hydrogens is 348 g/mol. The summed E-state index contributed by atoms with van der Waals surface area (Å²) in [5, 5.41) is 5.96. The van der Waals surface area contributed by atoms with Gasteiger partial charge in [0.1, 0.15) is 18.1 Å². The van der Waals surface area contributed by atoms with Crippen LogP contribution >= 0.6 is 11.3 Å². The molecule has 0 aliphatic heterocycles. The summed E-state index contributed by atoms with van der Waals surface area (Å²) in [6.07, 6.45) is 0. The number of carbonyl (C=O) groups is 1. The standard InChI is InChI=1S/C20H22N2O3S/c1-4-22(12-16-8-7-11-26-16)20(23)17-9-5-6-10-19(17)24-13-18-14(2)21-25-15(18)3/h5-11H,4,12-13H2,1-3H3. The third-order valence-electron chi connectivity index (χ3n) is 4.27. The Kier molecular flexibility index (Phi) is 5.73. The second kappa shape index (κ2) is 8.19. The molecule has 0 saturated carbocycles. The molecule has 136 valence electrons. The van der Waals surface area contributed by atoms with Crippen molar-refractivity contribution in [2.45, 2.75) is 33.9 Å². The van der Waals surface area contributed by atoms with E-state index < -0.39 is 0 Å². The molecule has 0 saturated heterocycles. The van der Waals surface area contributed by atoms with Crippen molar-refractivity contribution in [2.24, 2.45) is 0 Å². The monoisotopic (exact) mass is 370 g/mol. The van der Waals surface area contributed by atoms with Gasteiger partial charge in [0.05, 0.1) is 23.4 Å². The number of aryl methyl sites for hydroxylation is 2. The molecule has 0 atom stereocenters. The topological polar surface area (TPSA) is 55.6 Å². The molecular formula is C20H22N2O3S. The van der Waals surface area contributed by atoms with Crippen LogP contribution in [0.25, 0.3) is 0 Å². The van der Waals surface area contributed by atoms with Crippen LogP contribution in [0.3, 0.4) is 0 Å². The number of ether oxygens (including phenoxy) is 1. The molecule has 5 nitrogen and oxygen atoms in total. The highest BCUT2D eigenvalue weighted by molar-refractivity contribution is 7.09. The number of hydrogen-bond donors (Lipinski definition) is 0. The average molecular weight is 370 g/mol. The van der Waals surface area contributed by atoms with Crippen LogP contribution < -0.4 is 4.74 Å². The summed E-state index contributed by atoms with van der Waals surface area (Å²) in [6.45, 7) is 7.28. The SMILES string of the molecule is CCN(Cc1cccs1)C(=O)c1ccccc1OCc1c(C)noc1C. The Labute approximate surface area is 157 Å². The van der Waals surface area contributed by atoms with Crippen molar-refractivity contribution in [2.75, 3.05) is 6.54 Å². The van der Waals surface area contributed by atoms with Crippen molar-refractivity contribution < 1.29 is 14.1 Å². The highest BCUT2D eigenvalue weighted by Crippen LogP contribution is 2.24. The van der Waals surface area contributed by atoms with E-state index in [-0.39, 0.29) is 5.91 Å². The number of thiophene rings is 1. The van der Waals surface area contributed by atoms with Crippen LogP contribution in [0.15, 0.2) is 46.3 Å². The highest BCUT2D eigenvalue weighted by Gasteiger charge is 2.20. The van der Waals surface area contributed by atoms with Gasteiger partial charge in [0, 0.05) is 11.4 Å². The Morgan fingerprint density at radius 3 is 2.69 bits per heavy atom. The first-order valence-corrected chi connectivity index (χ1v) is 9.43. The molecule has 0 bridgehead atoms. The first-order valence-electron chi connectivity index (χ1n) is 8.55. The zero-order valence-corrected chi connectivity index (χ0v) is 16.0. The van der Waals surface area contributed by atoms with Gasteiger partial charge in [-0.3, -0.25) is 4.79 Å². The van der Waals surface area contributed by atoms with Crippen LogP contribution in [-0.4, -0.2) is 22.5 Å². The Morgan fingerprint density at radius 1 is 1.23 bits per heavy atom. The molecule has 0 fully saturated rings. The minimum absolute atomic E-state index is 0.0322. The van der Waals surface area contributed by atoms with E-state index in [1.165, 1.54) is 0 Å². The predicted molar refractivity (Wildman–Crippen MR) is 101 cm³/mol. The van der Waals surface area contributed by atoms with Gasteiger partial charge in [-0.15, -0.1) is 11.3 Å². The summed E-state index contributed by atoms with van der Waals surface area (Å²) in [5.74, 6) is 1.27. The van der Waals surface area contributed by atoms with Crippen LogP contribution in [0, 0.1) is 13.8 Å². The van der Waals surface area contributed by atoms with E-state index in [1.807, 2.05) is 67.4 Å². The summed E-state index contributed by atoms with van der Waals surface area (Å²) in [6, 6.07) is 11.4. The van der Waals surface area contributed by atoms with Crippen LogP contribution in [0.5, 0.6) is 5.75 Å². The van der Waals surface area contributed by atoms with Gasteiger partial charge in [-0.05, 0) is 44.4 Å². The van der Waals surface area contributed by atoms with E-state index in [0.29, 0.717) is 31.0 Å². The van der Waals surface area contributed by atoms with E-state index in [2.05, 4.69) is 5.16 Å². The molecule has 26 heavy (non-hydrogen) atoms. The molecule has 2 aromatic heterocycles. The van der Waals surface area contributed by atoms with Gasteiger partial charge in [0.2, 0.25) is 0 Å². The summed E-state index contributed by atoms with van der Waals surface area (Å²) < 4.78 is 11.1. The number of rotatable bonds is 7. The fourth-order valence-electron chi connectivity index (χ4n) is 2.72. The minimum Gasteiger partial charge on any atom is -0.488 e. The average Bonchev–Trinajstić information content (AvgIpc) is 3.28. The lowest BCUT2D eigenvalue weighted by atomic mass is 10.1. The summed E-state index contributed by atoms with van der Waals surface area (Å²) in [7, 11) is 0. The predicted octanol–water partition coefficient (Wildman–Crippen LogP) is 4.59. The second-order valence-corrected chi connectivity index (χ2v) is 7.02. The lowest BCUT2D eigenvalue weighted by Crippen LogP contribution is -2.30. The van der Waals surface area contributed by atoms with Gasteiger partial charge in [-0.2, -0.15) is 0 Å². The van der Waals surface area contributed by atoms with Gasteiger partial charge in [0.15, 0.2) is 0 Å². The molecule has 3 rings (SSSR count). The molecule has 6 heteroatoms. The smallest absolute Gasteiger partial charge is 0.257 e. The zero-order valence-electron chi connectivity index (χ0n) is 15.2. The molecule has 0 spiro atoms. The van der Waals surface area contributed by atoms with Crippen molar-refractivity contribution in [1.29, 1.82) is 0 Å². The highest BCUT2D eigenvalue weighted by atomic mass is 32.1. The van der Waals surface area contributed by atoms with E-state index >= 15 is 0 Å². The Morgan fingerprint density at radius 2 is 2.04 bits per heavy atom. The van der Waals surface area contributed by atoms with E-state index in [1.54, 1.807) is 11.3 Å². The number of aromatic nitrogens is 1. The molecule has 1 aromatic carbocycles.